The van der Waals surface area contributed by atoms with Crippen molar-refractivity contribution in [3.05, 3.63) is 11.8 Å². The maximum absolute atomic E-state index is 14.3. The first-order chi connectivity index (χ1) is 36.1. The molecule has 0 saturated heterocycles. The molecule has 77 heavy (non-hydrogen) atoms. The van der Waals surface area contributed by atoms with Crippen molar-refractivity contribution in [1.82, 2.24) is 47.9 Å². The lowest BCUT2D eigenvalue weighted by Crippen LogP contribution is -2.62. The summed E-state index contributed by atoms with van der Waals surface area (Å²) in [5.74, 6) is -8.27. The second-order valence-corrected chi connectivity index (χ2v) is 22.5. The lowest BCUT2D eigenvalue weighted by molar-refractivity contribution is -0.137. The first-order valence-corrected chi connectivity index (χ1v) is 28.9. The van der Waals surface area contributed by atoms with E-state index >= 15 is 0 Å². The largest absolute Gasteiger partial charge is 0.383 e. The molecule has 0 radical (unpaired) electrons. The van der Waals surface area contributed by atoms with Crippen molar-refractivity contribution in [3.8, 4) is 0 Å². The molecule has 0 aliphatic heterocycles. The van der Waals surface area contributed by atoms with E-state index in [1.165, 1.54) is 31.7 Å². The molecule has 0 aromatic heterocycles. The number of Topliss-reactive ketones (excluding diaryl/α,β-unsaturated/α-hetero) is 1. The summed E-state index contributed by atoms with van der Waals surface area (Å²) < 4.78 is 0. The number of hydrogen-bond donors (Lipinski definition) is 12. The molecule has 0 rings (SSSR count). The van der Waals surface area contributed by atoms with Gasteiger partial charge in [-0.25, -0.2) is 0 Å². The highest BCUT2D eigenvalue weighted by atomic mass is 32.2. The summed E-state index contributed by atoms with van der Waals surface area (Å²) in [6, 6.07) is -8.94. The number of aliphatic hydroxyl groups excluding tert-OH is 1. The van der Waals surface area contributed by atoms with Gasteiger partial charge < -0.3 is 64.4 Å². The molecule has 0 saturated carbocycles. The Kier molecular flexibility index (Phi) is 35.1. The third-order valence-electron chi connectivity index (χ3n) is 13.4. The highest BCUT2D eigenvalue weighted by Gasteiger charge is 2.38. The fourth-order valence-electron chi connectivity index (χ4n) is 7.94. The number of nitrogens with one attached hydrogen (secondary N) is 9. The van der Waals surface area contributed by atoms with Crippen LogP contribution in [0.3, 0.4) is 0 Å². The molecule has 3 unspecified atom stereocenters. The van der Waals surface area contributed by atoms with E-state index in [1.807, 2.05) is 34.0 Å². The summed E-state index contributed by atoms with van der Waals surface area (Å²) in [4.78, 5) is 137. The van der Waals surface area contributed by atoms with E-state index in [2.05, 4.69) is 47.9 Å². The van der Waals surface area contributed by atoms with Gasteiger partial charge in [-0.1, -0.05) is 102 Å². The van der Waals surface area contributed by atoms with Crippen LogP contribution in [0.4, 0.5) is 0 Å². The van der Waals surface area contributed by atoms with Crippen LogP contribution in [0.2, 0.25) is 0 Å². The summed E-state index contributed by atoms with van der Waals surface area (Å²) >= 11 is 1.42. The minimum absolute atomic E-state index is 0.0641. The highest BCUT2D eigenvalue weighted by molar-refractivity contribution is 7.98. The van der Waals surface area contributed by atoms with E-state index in [9.17, 15) is 53.1 Å². The predicted molar refractivity (Wildman–Crippen MR) is 301 cm³/mol. The van der Waals surface area contributed by atoms with Crippen LogP contribution in [-0.2, 0) is 47.9 Å². The molecule has 0 aliphatic carbocycles. The molecule has 442 valence electrons. The average molecular weight is 1110 g/mol. The second kappa shape index (κ2) is 37.6. The number of aliphatic hydroxyl groups is 1. The number of carbonyl (C=O) groups is 10. The van der Waals surface area contributed by atoms with Crippen LogP contribution < -0.4 is 59.3 Å². The monoisotopic (exact) mass is 1110 g/mol. The van der Waals surface area contributed by atoms with Gasteiger partial charge in [0.2, 0.25) is 41.4 Å². The van der Waals surface area contributed by atoms with Crippen LogP contribution in [0.15, 0.2) is 11.8 Å². The topological polar surface area (TPSA) is 351 Å². The summed E-state index contributed by atoms with van der Waals surface area (Å²) in [6.07, 6.45) is 4.77. The van der Waals surface area contributed by atoms with Crippen molar-refractivity contribution >= 4 is 70.7 Å². The van der Waals surface area contributed by atoms with Gasteiger partial charge in [0, 0.05) is 0 Å². The van der Waals surface area contributed by atoms with Crippen LogP contribution in [-0.4, -0.2) is 144 Å². The molecule has 23 heteroatoms. The number of ketones is 1. The van der Waals surface area contributed by atoms with Crippen molar-refractivity contribution in [1.29, 1.82) is 0 Å². The minimum atomic E-state index is -1.37. The van der Waals surface area contributed by atoms with E-state index in [1.54, 1.807) is 55.4 Å². The molecule has 22 nitrogen and oxygen atoms in total. The maximum Gasteiger partial charge on any atom is 0.268 e. The molecule has 11 atom stereocenters. The Hall–Kier alpha value is -5.13. The van der Waals surface area contributed by atoms with Crippen molar-refractivity contribution in [2.24, 2.45) is 47.0 Å². The fourth-order valence-corrected chi connectivity index (χ4v) is 8.41. The second-order valence-electron chi connectivity index (χ2n) is 21.5. The van der Waals surface area contributed by atoms with Crippen molar-refractivity contribution < 1.29 is 53.1 Å². The van der Waals surface area contributed by atoms with E-state index in [4.69, 9.17) is 11.5 Å². The Morgan fingerprint density at radius 2 is 0.883 bits per heavy atom. The number of carbonyl (C=O) groups excluding carboxylic acids is 10. The molecular formula is C54H99N11O11S. The molecule has 0 bridgehead atoms. The Balaban J connectivity index is 6.59. The Labute approximate surface area is 463 Å². The van der Waals surface area contributed by atoms with Crippen molar-refractivity contribution in [3.63, 3.8) is 0 Å². The summed E-state index contributed by atoms with van der Waals surface area (Å²) in [5, 5.41) is 34.9. The van der Waals surface area contributed by atoms with Gasteiger partial charge in [-0.05, 0) is 119 Å². The molecular weight excluding hydrogens is 1010 g/mol. The van der Waals surface area contributed by atoms with Crippen LogP contribution in [0, 0.1) is 35.5 Å². The molecule has 14 N–H and O–H groups in total. The summed E-state index contributed by atoms with van der Waals surface area (Å²) in [7, 11) is 0. The van der Waals surface area contributed by atoms with E-state index in [-0.39, 0.29) is 49.1 Å². The quantitative estimate of drug-likeness (QED) is 0.0309. The number of nitrogens with two attached hydrogens (primary N) is 2. The zero-order chi connectivity index (χ0) is 59.3. The zero-order valence-corrected chi connectivity index (χ0v) is 49.6. The highest BCUT2D eigenvalue weighted by Crippen LogP contribution is 2.16. The van der Waals surface area contributed by atoms with Gasteiger partial charge in [0.15, 0.2) is 5.78 Å². The zero-order valence-electron chi connectivity index (χ0n) is 48.8. The van der Waals surface area contributed by atoms with E-state index in [0.29, 0.717) is 50.8 Å². The lowest BCUT2D eigenvalue weighted by atomic mass is 9.95. The smallest absolute Gasteiger partial charge is 0.268 e. The SMILES string of the molecule is C/C=C(/NC(=O)[C@@H](O)[C@@H](C)CC)C(=O)NC(CCSC)C(=O)N[C@H](CCCN)C(=O)N[C@H](C(=O)N[C@H](C(=O)N[C@H](C(=O)NC(CCCCN)C(=O)N[C@H](C(=O)NC(CC(C)C)C(C)=O)C(C)C)C(C)C)C(C)C)[C@@H](C)CC. The summed E-state index contributed by atoms with van der Waals surface area (Å²) in [5.41, 5.74) is 11.4. The number of allylic oxidation sites excluding steroid dienone is 1. The Morgan fingerprint density at radius 1 is 0.494 bits per heavy atom. The van der Waals surface area contributed by atoms with Crippen LogP contribution >= 0.6 is 11.8 Å². The van der Waals surface area contributed by atoms with E-state index < -0.39 is 131 Å². The maximum atomic E-state index is 14.3. The Morgan fingerprint density at radius 3 is 1.30 bits per heavy atom. The Bertz CT molecular complexity index is 1950. The number of hydrogen-bond acceptors (Lipinski definition) is 14. The molecule has 0 heterocycles. The van der Waals surface area contributed by atoms with Gasteiger partial charge in [0.25, 0.3) is 11.8 Å². The van der Waals surface area contributed by atoms with Gasteiger partial charge in [0.1, 0.15) is 54.1 Å². The molecule has 0 aromatic rings. The van der Waals surface area contributed by atoms with Crippen molar-refractivity contribution in [2.45, 2.75) is 209 Å². The normalized spacial score (nSPS) is 16.1. The predicted octanol–water partition coefficient (Wildman–Crippen LogP) is 1.56. The first kappa shape index (κ1) is 71.9. The van der Waals surface area contributed by atoms with Gasteiger partial charge in [-0.3, -0.25) is 47.9 Å². The first-order valence-electron chi connectivity index (χ1n) is 27.5. The van der Waals surface area contributed by atoms with Gasteiger partial charge >= 0.3 is 0 Å². The average Bonchev–Trinajstić information content (AvgIpc) is 3.37. The van der Waals surface area contributed by atoms with Crippen molar-refractivity contribution in [2.75, 3.05) is 25.1 Å². The number of rotatable bonds is 38. The third kappa shape index (κ3) is 25.9. The van der Waals surface area contributed by atoms with Gasteiger partial charge in [-0.2, -0.15) is 11.8 Å². The van der Waals surface area contributed by atoms with Crippen LogP contribution in [0.25, 0.3) is 0 Å². The van der Waals surface area contributed by atoms with Gasteiger partial charge in [0.05, 0.1) is 6.04 Å². The molecule has 0 aromatic carbocycles. The molecule has 0 aliphatic rings. The number of thioether (sulfide) groups is 1. The fraction of sp³-hybridized carbons (Fsp3) is 0.778. The third-order valence-corrected chi connectivity index (χ3v) is 14.1. The molecule has 0 fully saturated rings. The van der Waals surface area contributed by atoms with E-state index in [0.717, 1.165) is 0 Å². The molecule has 0 spiro atoms. The standard InChI is InChI=1S/C54H99N11O11S/c1-16-33(12)44(65-49(71)38(23-21-26-56)58-47(69)39(24-27-77-15)59-46(68)36(18-3)57-54(76)45(67)34(13)17-2)53(75)64-43(32(10)11)52(74)63-42(31(8)9)50(72)60-37(22-19-20-25-55)48(70)62-41(30(6)7)51(73)61-40(35(14)66)28-29(4)5/h18,29-34,37-45,67H,16-17,19-28,55-56H2,1-15H3,(H,57,76)(H,58,69)(H,59,68)(H,60,72)(H,61,73)(H,62,70)(H,63,74)(H,64,75)(H,65,71)/b36-18+/t33-,34-,37?,38+,39?,40?,41-,42-,43-,44-,45-/m0/s1. The molecule has 9 amide bonds. The lowest BCUT2D eigenvalue weighted by Gasteiger charge is -2.31. The summed E-state index contributed by atoms with van der Waals surface area (Å²) in [6.45, 7) is 24.6. The minimum Gasteiger partial charge on any atom is -0.383 e. The number of amides is 9. The van der Waals surface area contributed by atoms with Gasteiger partial charge in [-0.15, -0.1) is 0 Å². The van der Waals surface area contributed by atoms with Crippen LogP contribution in [0.5, 0.6) is 0 Å². The number of unbranched alkanes of at least 4 members (excludes halogenated alkanes) is 1. The van der Waals surface area contributed by atoms with Crippen LogP contribution in [0.1, 0.15) is 155 Å².